The normalized spacial score (nSPS) is 12.1. The first-order valence-electron chi connectivity index (χ1n) is 3.88. The van der Waals surface area contributed by atoms with Gasteiger partial charge in [0, 0.05) is 7.05 Å². The molecule has 92 valence electrons. The number of nitrogens with one attached hydrogen (secondary N) is 2. The molecule has 0 unspecified atom stereocenters. The highest BCUT2D eigenvalue weighted by Gasteiger charge is 2.35. The van der Waals surface area contributed by atoms with Gasteiger partial charge < -0.3 is 11.1 Å². The Hall–Kier alpha value is -1.07. The SMILES string of the molecule is CN=C(N)NCc1nc(C(F)(F)F)n[nH]1.I. The summed E-state index contributed by atoms with van der Waals surface area (Å²) in [6.07, 6.45) is -4.54. The maximum absolute atomic E-state index is 12.1. The number of nitrogens with zero attached hydrogens (tertiary/aromatic N) is 3. The molecule has 0 aliphatic carbocycles. The standard InChI is InChI=1S/C6H9F3N6.HI/c1-11-5(10)12-2-3-13-4(15-14-3)6(7,8)9;/h2H2,1H3,(H3,10,11,12)(H,13,14,15);1H. The fourth-order valence-corrected chi connectivity index (χ4v) is 0.754. The van der Waals surface area contributed by atoms with Crippen LogP contribution in [0.2, 0.25) is 0 Å². The summed E-state index contributed by atoms with van der Waals surface area (Å²) in [5, 5.41) is 7.69. The summed E-state index contributed by atoms with van der Waals surface area (Å²) in [7, 11) is 1.45. The average molecular weight is 350 g/mol. The molecule has 0 aromatic carbocycles. The number of halogens is 4. The molecule has 16 heavy (non-hydrogen) atoms. The van der Waals surface area contributed by atoms with Gasteiger partial charge in [0.05, 0.1) is 6.54 Å². The van der Waals surface area contributed by atoms with Crippen molar-refractivity contribution in [2.45, 2.75) is 12.7 Å². The van der Waals surface area contributed by atoms with Gasteiger partial charge in [0.1, 0.15) is 5.82 Å². The van der Waals surface area contributed by atoms with E-state index in [-0.39, 0.29) is 42.3 Å². The molecule has 1 aromatic rings. The molecule has 0 fully saturated rings. The zero-order valence-corrected chi connectivity index (χ0v) is 10.5. The molecule has 1 heterocycles. The number of alkyl halides is 3. The number of guanidine groups is 1. The highest BCUT2D eigenvalue weighted by molar-refractivity contribution is 14.0. The molecule has 10 heteroatoms. The van der Waals surface area contributed by atoms with Gasteiger partial charge in [-0.3, -0.25) is 10.1 Å². The predicted octanol–water partition coefficient (Wildman–Crippen LogP) is 0.476. The van der Waals surface area contributed by atoms with Crippen LogP contribution < -0.4 is 11.1 Å². The lowest BCUT2D eigenvalue weighted by atomic mass is 10.5. The first kappa shape index (κ1) is 14.9. The van der Waals surface area contributed by atoms with Crippen LogP contribution in [0.5, 0.6) is 0 Å². The van der Waals surface area contributed by atoms with E-state index in [1.165, 1.54) is 7.05 Å². The van der Waals surface area contributed by atoms with Gasteiger partial charge in [-0.2, -0.15) is 13.2 Å². The van der Waals surface area contributed by atoms with Crippen molar-refractivity contribution in [2.24, 2.45) is 10.7 Å². The summed E-state index contributed by atoms with van der Waals surface area (Å²) < 4.78 is 36.2. The predicted molar refractivity (Wildman–Crippen MR) is 61.2 cm³/mol. The van der Waals surface area contributed by atoms with Gasteiger partial charge in [0.2, 0.25) is 0 Å². The number of rotatable bonds is 2. The molecule has 1 rings (SSSR count). The Labute approximate surface area is 106 Å². The Bertz CT molecular complexity index is 359. The van der Waals surface area contributed by atoms with Crippen LogP contribution in [0.25, 0.3) is 0 Å². The van der Waals surface area contributed by atoms with Crippen LogP contribution in [0.3, 0.4) is 0 Å². The molecular weight excluding hydrogens is 340 g/mol. The number of nitrogens with two attached hydrogens (primary N) is 1. The largest absolute Gasteiger partial charge is 0.453 e. The van der Waals surface area contributed by atoms with Crippen LogP contribution in [0.1, 0.15) is 11.6 Å². The average Bonchev–Trinajstić information content (AvgIpc) is 2.61. The second kappa shape index (κ2) is 5.86. The van der Waals surface area contributed by atoms with Crippen molar-refractivity contribution >= 4 is 29.9 Å². The molecule has 0 aliphatic heterocycles. The molecule has 0 spiro atoms. The van der Waals surface area contributed by atoms with Crippen molar-refractivity contribution in [1.82, 2.24) is 20.5 Å². The van der Waals surface area contributed by atoms with Crippen LogP contribution in [0, 0.1) is 0 Å². The molecule has 4 N–H and O–H groups in total. The zero-order valence-electron chi connectivity index (χ0n) is 8.17. The van der Waals surface area contributed by atoms with E-state index in [2.05, 4.69) is 25.5 Å². The number of H-pyrrole nitrogens is 1. The van der Waals surface area contributed by atoms with E-state index >= 15 is 0 Å². The van der Waals surface area contributed by atoms with E-state index in [0.29, 0.717) is 0 Å². The third kappa shape index (κ3) is 4.20. The lowest BCUT2D eigenvalue weighted by Gasteiger charge is -2.00. The van der Waals surface area contributed by atoms with Crippen molar-refractivity contribution in [2.75, 3.05) is 7.05 Å². The molecule has 1 aromatic heterocycles. The lowest BCUT2D eigenvalue weighted by molar-refractivity contribution is -0.144. The van der Waals surface area contributed by atoms with Crippen LogP contribution in [-0.4, -0.2) is 28.2 Å². The number of aromatic amines is 1. The van der Waals surface area contributed by atoms with E-state index in [0.717, 1.165) is 0 Å². The Morgan fingerprint density at radius 3 is 2.62 bits per heavy atom. The van der Waals surface area contributed by atoms with Crippen molar-refractivity contribution < 1.29 is 13.2 Å². The van der Waals surface area contributed by atoms with E-state index < -0.39 is 12.0 Å². The van der Waals surface area contributed by atoms with Crippen LogP contribution in [0.4, 0.5) is 13.2 Å². The van der Waals surface area contributed by atoms with Gasteiger partial charge in [-0.05, 0) is 0 Å². The molecule has 0 atom stereocenters. The fraction of sp³-hybridized carbons (Fsp3) is 0.500. The fourth-order valence-electron chi connectivity index (χ4n) is 0.754. The molecule has 0 saturated carbocycles. The number of hydrogen-bond donors (Lipinski definition) is 3. The van der Waals surface area contributed by atoms with Gasteiger partial charge >= 0.3 is 6.18 Å². The summed E-state index contributed by atoms with van der Waals surface area (Å²) in [6.45, 7) is 0.00620. The topological polar surface area (TPSA) is 92.0 Å². The molecular formula is C6H10F3IN6. The second-order valence-electron chi connectivity index (χ2n) is 2.57. The molecule has 0 aliphatic rings. The Morgan fingerprint density at radius 2 is 2.19 bits per heavy atom. The summed E-state index contributed by atoms with van der Waals surface area (Å²) in [6, 6.07) is 0. The van der Waals surface area contributed by atoms with Crippen molar-refractivity contribution in [3.8, 4) is 0 Å². The third-order valence-corrected chi connectivity index (χ3v) is 1.46. The molecule has 0 bridgehead atoms. The molecule has 0 saturated heterocycles. The third-order valence-electron chi connectivity index (χ3n) is 1.46. The van der Waals surface area contributed by atoms with E-state index in [9.17, 15) is 13.2 Å². The van der Waals surface area contributed by atoms with E-state index in [1.807, 2.05) is 0 Å². The molecule has 0 amide bonds. The first-order chi connectivity index (χ1) is 6.93. The van der Waals surface area contributed by atoms with Gasteiger partial charge in [-0.15, -0.1) is 29.1 Å². The van der Waals surface area contributed by atoms with Gasteiger partial charge in [0.15, 0.2) is 5.96 Å². The Balaban J connectivity index is 0.00000225. The minimum absolute atomic E-state index is 0. The number of aromatic nitrogens is 3. The van der Waals surface area contributed by atoms with Gasteiger partial charge in [0.25, 0.3) is 5.82 Å². The van der Waals surface area contributed by atoms with E-state index in [4.69, 9.17) is 5.73 Å². The second-order valence-corrected chi connectivity index (χ2v) is 2.57. The van der Waals surface area contributed by atoms with Crippen molar-refractivity contribution in [3.05, 3.63) is 11.6 Å². The highest BCUT2D eigenvalue weighted by Crippen LogP contribution is 2.25. The Kier molecular flexibility index (Phi) is 5.47. The smallest absolute Gasteiger partial charge is 0.370 e. The van der Waals surface area contributed by atoms with Gasteiger partial charge in [-0.1, -0.05) is 0 Å². The van der Waals surface area contributed by atoms with Crippen molar-refractivity contribution in [1.29, 1.82) is 0 Å². The minimum atomic E-state index is -4.54. The first-order valence-corrected chi connectivity index (χ1v) is 3.88. The minimum Gasteiger partial charge on any atom is -0.370 e. The van der Waals surface area contributed by atoms with Crippen LogP contribution in [-0.2, 0) is 12.7 Å². The van der Waals surface area contributed by atoms with Crippen LogP contribution >= 0.6 is 24.0 Å². The zero-order chi connectivity index (χ0) is 11.5. The number of hydrogen-bond acceptors (Lipinski definition) is 3. The van der Waals surface area contributed by atoms with Gasteiger partial charge in [-0.25, -0.2) is 4.98 Å². The van der Waals surface area contributed by atoms with E-state index in [1.54, 1.807) is 0 Å². The maximum Gasteiger partial charge on any atom is 0.453 e. The van der Waals surface area contributed by atoms with Crippen molar-refractivity contribution in [3.63, 3.8) is 0 Å². The molecule has 6 nitrogen and oxygen atoms in total. The monoisotopic (exact) mass is 350 g/mol. The summed E-state index contributed by atoms with van der Waals surface area (Å²) >= 11 is 0. The summed E-state index contributed by atoms with van der Waals surface area (Å²) in [4.78, 5) is 6.78. The maximum atomic E-state index is 12.1. The van der Waals surface area contributed by atoms with Crippen LogP contribution in [0.15, 0.2) is 4.99 Å². The number of aliphatic imine (C=N–C) groups is 1. The lowest BCUT2D eigenvalue weighted by Crippen LogP contribution is -2.31. The highest BCUT2D eigenvalue weighted by atomic mass is 127. The molecule has 0 radical (unpaired) electrons. The Morgan fingerprint density at radius 1 is 1.56 bits per heavy atom. The summed E-state index contributed by atoms with van der Waals surface area (Å²) in [5.41, 5.74) is 5.27. The quantitative estimate of drug-likeness (QED) is 0.411. The summed E-state index contributed by atoms with van der Waals surface area (Å²) in [5.74, 6) is -1.06.